The zero-order valence-electron chi connectivity index (χ0n) is 21.6. The number of rotatable bonds is 9. The van der Waals surface area contributed by atoms with Crippen LogP contribution in [-0.2, 0) is 16.0 Å². The smallest absolute Gasteiger partial charge is 0.275 e. The highest BCUT2D eigenvalue weighted by Gasteiger charge is 2.27. The molecule has 9 nitrogen and oxygen atoms in total. The van der Waals surface area contributed by atoms with Crippen molar-refractivity contribution in [1.29, 1.82) is 0 Å². The first-order valence-electron chi connectivity index (χ1n) is 12.7. The molecule has 0 aliphatic carbocycles. The Morgan fingerprint density at radius 3 is 2.69 bits per heavy atom. The molecule has 0 spiro atoms. The molecule has 0 unspecified atom stereocenters. The van der Waals surface area contributed by atoms with Gasteiger partial charge in [0.05, 0.1) is 30.6 Å². The average molecular weight is 516 g/mol. The summed E-state index contributed by atoms with van der Waals surface area (Å²) in [6.45, 7) is 10.6. The van der Waals surface area contributed by atoms with Crippen LogP contribution in [-0.4, -0.2) is 79.8 Å². The zero-order chi connectivity index (χ0) is 25.7. The minimum atomic E-state index is -0.326. The van der Waals surface area contributed by atoms with Gasteiger partial charge in [-0.2, -0.15) is 0 Å². The molecular formula is C26H37N5O4S. The lowest BCUT2D eigenvalue weighted by molar-refractivity contribution is -0.0409. The molecule has 2 aliphatic heterocycles. The van der Waals surface area contributed by atoms with Crippen molar-refractivity contribution < 1.29 is 19.1 Å². The van der Waals surface area contributed by atoms with Gasteiger partial charge in [0.25, 0.3) is 11.8 Å². The van der Waals surface area contributed by atoms with Crippen molar-refractivity contribution >= 4 is 34.0 Å². The molecule has 2 aromatic rings. The minimum Gasteiger partial charge on any atom is -0.380 e. The van der Waals surface area contributed by atoms with Crippen LogP contribution in [0.15, 0.2) is 23.6 Å². The Morgan fingerprint density at radius 2 is 2.00 bits per heavy atom. The average Bonchev–Trinajstić information content (AvgIpc) is 3.55. The standard InChI is InChI=1S/C26H37N5O4S/c1-5-9-27-24(32)21-11-19(12-31-17(2)14-35-15-18(31)3)6-7-22(21)28-25(33)23-16-36-26(29-23)30-10-8-20(13-30)34-4/h6-7,11,16-18,20H,5,8-10,12-15H2,1-4H3,(H,27,32)(H,28,33)/t17-,18-,20-/m0/s1. The molecule has 3 heterocycles. The third kappa shape index (κ3) is 6.23. The predicted molar refractivity (Wildman–Crippen MR) is 142 cm³/mol. The lowest BCUT2D eigenvalue weighted by atomic mass is 10.0. The molecule has 0 bridgehead atoms. The predicted octanol–water partition coefficient (Wildman–Crippen LogP) is 3.37. The van der Waals surface area contributed by atoms with Gasteiger partial charge in [-0.1, -0.05) is 13.0 Å². The summed E-state index contributed by atoms with van der Waals surface area (Å²) in [5.41, 5.74) is 2.31. The van der Waals surface area contributed by atoms with Crippen molar-refractivity contribution in [2.75, 3.05) is 50.2 Å². The molecule has 0 radical (unpaired) electrons. The van der Waals surface area contributed by atoms with Crippen LogP contribution in [0.3, 0.4) is 0 Å². The van der Waals surface area contributed by atoms with Crippen LogP contribution in [0.1, 0.15) is 60.0 Å². The fraction of sp³-hybridized carbons (Fsp3) is 0.577. The van der Waals surface area contributed by atoms with Crippen molar-refractivity contribution in [3.05, 3.63) is 40.4 Å². The number of morpholine rings is 1. The van der Waals surface area contributed by atoms with Crippen LogP contribution in [0.5, 0.6) is 0 Å². The van der Waals surface area contributed by atoms with Gasteiger partial charge in [-0.25, -0.2) is 4.98 Å². The number of thiazole rings is 1. The first-order chi connectivity index (χ1) is 17.4. The van der Waals surface area contributed by atoms with Gasteiger partial charge < -0.3 is 25.0 Å². The highest BCUT2D eigenvalue weighted by Crippen LogP contribution is 2.27. The number of nitrogens with zero attached hydrogens (tertiary/aromatic N) is 3. The molecule has 2 fully saturated rings. The second-order valence-corrected chi connectivity index (χ2v) is 10.4. The summed E-state index contributed by atoms with van der Waals surface area (Å²) in [6.07, 6.45) is 1.97. The van der Waals surface area contributed by atoms with E-state index in [1.165, 1.54) is 11.3 Å². The van der Waals surface area contributed by atoms with E-state index >= 15 is 0 Å². The summed E-state index contributed by atoms with van der Waals surface area (Å²) in [7, 11) is 1.72. The van der Waals surface area contributed by atoms with Gasteiger partial charge in [-0.3, -0.25) is 14.5 Å². The molecule has 10 heteroatoms. The first kappa shape index (κ1) is 26.5. The van der Waals surface area contributed by atoms with Crippen molar-refractivity contribution in [3.8, 4) is 0 Å². The summed E-state index contributed by atoms with van der Waals surface area (Å²) in [5.74, 6) is -0.522. The van der Waals surface area contributed by atoms with Crippen molar-refractivity contribution in [3.63, 3.8) is 0 Å². The number of aromatic nitrogens is 1. The number of methoxy groups -OCH3 is 1. The maximum absolute atomic E-state index is 13.1. The Hall–Kier alpha value is -2.53. The van der Waals surface area contributed by atoms with E-state index in [0.29, 0.717) is 55.3 Å². The number of anilines is 2. The fourth-order valence-electron chi connectivity index (χ4n) is 4.67. The maximum Gasteiger partial charge on any atom is 0.275 e. The molecule has 36 heavy (non-hydrogen) atoms. The molecule has 0 saturated carbocycles. The molecule has 196 valence electrons. The van der Waals surface area contributed by atoms with Crippen molar-refractivity contribution in [2.45, 2.75) is 58.3 Å². The largest absolute Gasteiger partial charge is 0.380 e. The van der Waals surface area contributed by atoms with Gasteiger partial charge in [0.2, 0.25) is 0 Å². The second-order valence-electron chi connectivity index (χ2n) is 9.61. The number of hydrogen-bond donors (Lipinski definition) is 2. The van der Waals surface area contributed by atoms with E-state index in [4.69, 9.17) is 9.47 Å². The van der Waals surface area contributed by atoms with Crippen molar-refractivity contribution in [2.24, 2.45) is 0 Å². The number of hydrogen-bond acceptors (Lipinski definition) is 8. The van der Waals surface area contributed by atoms with Crippen LogP contribution in [0.4, 0.5) is 10.8 Å². The Bertz CT molecular complexity index is 1050. The van der Waals surface area contributed by atoms with E-state index in [1.54, 1.807) is 12.5 Å². The SMILES string of the molecule is CCCNC(=O)c1cc(CN2[C@@H](C)COC[C@@H]2C)ccc1NC(=O)c1csc(N2CC[C@H](OC)C2)n1. The van der Waals surface area contributed by atoms with E-state index in [-0.39, 0.29) is 17.9 Å². The molecule has 2 N–H and O–H groups in total. The van der Waals surface area contributed by atoms with Gasteiger partial charge >= 0.3 is 0 Å². The molecule has 4 rings (SSSR count). The summed E-state index contributed by atoms with van der Waals surface area (Å²) >= 11 is 1.45. The van der Waals surface area contributed by atoms with Gasteiger partial charge in [0.15, 0.2) is 5.13 Å². The number of carbonyl (C=O) groups is 2. The monoisotopic (exact) mass is 515 g/mol. The molecule has 2 aliphatic rings. The normalized spacial score (nSPS) is 22.6. The zero-order valence-corrected chi connectivity index (χ0v) is 22.4. The quantitative estimate of drug-likeness (QED) is 0.529. The number of nitrogens with one attached hydrogen (secondary N) is 2. The van der Waals surface area contributed by atoms with Gasteiger partial charge in [-0.15, -0.1) is 11.3 Å². The number of amides is 2. The molecule has 3 atom stereocenters. The molecule has 1 aromatic heterocycles. The molecule has 2 amide bonds. The highest BCUT2D eigenvalue weighted by atomic mass is 32.1. The van der Waals surface area contributed by atoms with E-state index in [0.717, 1.165) is 36.6 Å². The second kappa shape index (κ2) is 12.1. The number of ether oxygens (including phenoxy) is 2. The minimum absolute atomic E-state index is 0.192. The lowest BCUT2D eigenvalue weighted by Gasteiger charge is -2.38. The Labute approximate surface area is 217 Å². The number of benzene rings is 1. The Balaban J connectivity index is 1.51. The van der Waals surface area contributed by atoms with Gasteiger partial charge in [0, 0.05) is 50.8 Å². The van der Waals surface area contributed by atoms with Crippen LogP contribution in [0.25, 0.3) is 0 Å². The first-order valence-corrected chi connectivity index (χ1v) is 13.6. The summed E-state index contributed by atoms with van der Waals surface area (Å²) in [6, 6.07) is 6.26. The van der Waals surface area contributed by atoms with Crippen LogP contribution in [0.2, 0.25) is 0 Å². The molecule has 2 saturated heterocycles. The topological polar surface area (TPSA) is 96.0 Å². The third-order valence-electron chi connectivity index (χ3n) is 6.80. The van der Waals surface area contributed by atoms with Crippen molar-refractivity contribution in [1.82, 2.24) is 15.2 Å². The summed E-state index contributed by atoms with van der Waals surface area (Å²) < 4.78 is 11.1. The number of carbonyl (C=O) groups excluding carboxylic acids is 2. The summed E-state index contributed by atoms with van der Waals surface area (Å²) in [4.78, 5) is 35.2. The van der Waals surface area contributed by atoms with Crippen LogP contribution in [0, 0.1) is 0 Å². The van der Waals surface area contributed by atoms with Gasteiger partial charge in [-0.05, 0) is 44.4 Å². The van der Waals surface area contributed by atoms with E-state index in [1.807, 2.05) is 25.1 Å². The van der Waals surface area contributed by atoms with Crippen LogP contribution < -0.4 is 15.5 Å². The Kier molecular flexibility index (Phi) is 8.95. The lowest BCUT2D eigenvalue weighted by Crippen LogP contribution is -2.48. The maximum atomic E-state index is 13.1. The van der Waals surface area contributed by atoms with E-state index in [9.17, 15) is 9.59 Å². The van der Waals surface area contributed by atoms with E-state index in [2.05, 4.69) is 39.3 Å². The van der Waals surface area contributed by atoms with E-state index < -0.39 is 0 Å². The van der Waals surface area contributed by atoms with Gasteiger partial charge in [0.1, 0.15) is 5.69 Å². The molecule has 1 aromatic carbocycles. The Morgan fingerprint density at radius 1 is 1.22 bits per heavy atom. The highest BCUT2D eigenvalue weighted by molar-refractivity contribution is 7.14. The summed E-state index contributed by atoms with van der Waals surface area (Å²) in [5, 5.41) is 8.44. The molecular weight excluding hydrogens is 478 g/mol. The fourth-order valence-corrected chi connectivity index (χ4v) is 5.52. The van der Waals surface area contributed by atoms with Crippen LogP contribution >= 0.6 is 11.3 Å². The third-order valence-corrected chi connectivity index (χ3v) is 7.70.